The number of fused-ring (bicyclic) bond motifs is 1. The predicted octanol–water partition coefficient (Wildman–Crippen LogP) is 16.2. The summed E-state index contributed by atoms with van der Waals surface area (Å²) in [4.78, 5) is 3.39. The van der Waals surface area contributed by atoms with Gasteiger partial charge in [-0.25, -0.2) is 0 Å². The minimum absolute atomic E-state index is 0.773. The first-order valence-corrected chi connectivity index (χ1v) is 27.0. The van der Waals surface area contributed by atoms with Crippen LogP contribution in [-0.4, -0.2) is 25.4 Å². The van der Waals surface area contributed by atoms with Crippen molar-refractivity contribution in [1.29, 1.82) is 0 Å². The molecule has 4 nitrogen and oxygen atoms in total. The second kappa shape index (κ2) is 37.9. The minimum atomic E-state index is 0.773. The van der Waals surface area contributed by atoms with Gasteiger partial charge in [-0.15, -0.1) is 0 Å². The van der Waals surface area contributed by atoms with Crippen LogP contribution < -0.4 is 19.8 Å². The molecule has 0 radical (unpaired) electrons. The highest BCUT2D eigenvalue weighted by molar-refractivity contribution is 8.12. The van der Waals surface area contributed by atoms with Gasteiger partial charge >= 0.3 is 5.17 Å². The number of ether oxygens (including phenoxy) is 2. The van der Waals surface area contributed by atoms with Gasteiger partial charge in [-0.2, -0.15) is 0 Å². The van der Waals surface area contributed by atoms with Gasteiger partial charge in [0, 0.05) is 11.8 Å². The van der Waals surface area contributed by atoms with Gasteiger partial charge in [0.1, 0.15) is 18.0 Å². The molecule has 0 saturated heterocycles. The number of thioether (sulfide) groups is 1. The molecule has 0 unspecified atom stereocenters. The third-order valence-corrected chi connectivity index (χ3v) is 13.5. The average Bonchev–Trinajstić information content (AvgIpc) is 3.28. The predicted molar refractivity (Wildman–Crippen MR) is 271 cm³/mol. The number of nitrogens with one attached hydrogen (secondary N) is 2. The fourth-order valence-electron chi connectivity index (χ4n) is 8.46. The van der Waals surface area contributed by atoms with E-state index in [4.69, 9.17) is 9.47 Å². The van der Waals surface area contributed by atoms with Crippen LogP contribution in [0.3, 0.4) is 0 Å². The van der Waals surface area contributed by atoms with E-state index in [2.05, 4.69) is 84.8 Å². The van der Waals surface area contributed by atoms with E-state index < -0.39 is 0 Å². The van der Waals surface area contributed by atoms with Crippen LogP contribution in [0.25, 0.3) is 10.8 Å². The summed E-state index contributed by atoms with van der Waals surface area (Å²) in [6, 6.07) is 21.8. The van der Waals surface area contributed by atoms with Crippen molar-refractivity contribution in [3.8, 4) is 11.5 Å². The molecule has 3 aromatic carbocycles. The minimum Gasteiger partial charge on any atom is -0.493 e. The summed E-state index contributed by atoms with van der Waals surface area (Å²) in [7, 11) is 2.00. The lowest BCUT2D eigenvalue weighted by Crippen LogP contribution is -2.70. The first-order valence-electron chi connectivity index (χ1n) is 26.0. The fourth-order valence-corrected chi connectivity index (χ4v) is 9.26. The zero-order chi connectivity index (χ0) is 43.1. The van der Waals surface area contributed by atoms with Crippen LogP contribution >= 0.6 is 11.8 Å². The molecule has 5 heteroatoms. The Bertz CT molecular complexity index is 1430. The van der Waals surface area contributed by atoms with Crippen molar-refractivity contribution in [3.05, 3.63) is 71.8 Å². The highest BCUT2D eigenvalue weighted by Crippen LogP contribution is 2.27. The smallest absolute Gasteiger partial charge is 0.304 e. The lowest BCUT2D eigenvalue weighted by Gasteiger charge is -2.13. The maximum Gasteiger partial charge on any atom is 0.304 e. The lowest BCUT2D eigenvalue weighted by atomic mass is 10.0. The van der Waals surface area contributed by atoms with E-state index in [9.17, 15) is 0 Å². The van der Waals surface area contributed by atoms with Crippen LogP contribution in [0.4, 0.5) is 0 Å². The molecule has 0 aromatic heterocycles. The summed E-state index contributed by atoms with van der Waals surface area (Å²) < 4.78 is 12.8. The standard InChI is InChI=1S/C56H92N2O2S/c1-4-6-8-10-12-14-16-18-20-22-24-26-28-30-32-36-42-59-54-45-51(49-61-56(57-3)58-48-50-40-41-52-38-34-35-39-53(52)44-50)46-55(47-54)60-43-37-33-31-29-27-25-23-21-19-17-15-13-11-9-7-5-2/h34-35,38-41,44-47H,4-33,36-37,42-43,48-49H2,1-3H3,(H,57,58)/p+1. The van der Waals surface area contributed by atoms with Gasteiger partial charge in [-0.1, -0.05) is 243 Å². The average molecular weight is 858 g/mol. The summed E-state index contributed by atoms with van der Waals surface area (Å²) in [6.07, 6.45) is 44.3. The first kappa shape index (κ1) is 52.7. The van der Waals surface area contributed by atoms with Crippen molar-refractivity contribution in [2.75, 3.05) is 20.3 Å². The molecular weight excluding hydrogens is 765 g/mol. The van der Waals surface area contributed by atoms with Crippen molar-refractivity contribution >= 4 is 27.7 Å². The molecule has 0 aliphatic heterocycles. The Morgan fingerprint density at radius 2 is 0.836 bits per heavy atom. The molecule has 0 saturated carbocycles. The summed E-state index contributed by atoms with van der Waals surface area (Å²) in [5.74, 6) is 2.72. The van der Waals surface area contributed by atoms with E-state index in [1.165, 1.54) is 215 Å². The maximum atomic E-state index is 6.39. The highest BCUT2D eigenvalue weighted by Gasteiger charge is 2.11. The molecule has 0 atom stereocenters. The van der Waals surface area contributed by atoms with Crippen molar-refractivity contribution in [3.63, 3.8) is 0 Å². The van der Waals surface area contributed by atoms with Crippen LogP contribution in [0.15, 0.2) is 60.7 Å². The molecule has 0 fully saturated rings. The number of rotatable bonds is 40. The van der Waals surface area contributed by atoms with Gasteiger partial charge in [0.15, 0.2) is 0 Å². The zero-order valence-electron chi connectivity index (χ0n) is 40.0. The number of amidine groups is 1. The Morgan fingerprint density at radius 3 is 1.25 bits per heavy atom. The van der Waals surface area contributed by atoms with Gasteiger partial charge in [-0.3, -0.25) is 10.3 Å². The Morgan fingerprint density at radius 1 is 0.443 bits per heavy atom. The van der Waals surface area contributed by atoms with Crippen LogP contribution in [0, 0.1) is 0 Å². The van der Waals surface area contributed by atoms with E-state index in [-0.39, 0.29) is 0 Å². The molecule has 3 aromatic rings. The Balaban J connectivity index is 1.33. The summed E-state index contributed by atoms with van der Waals surface area (Å²) in [5.41, 5.74) is 2.51. The highest BCUT2D eigenvalue weighted by atomic mass is 32.2. The summed E-state index contributed by atoms with van der Waals surface area (Å²) >= 11 is 1.80. The van der Waals surface area contributed by atoms with E-state index in [1.54, 1.807) is 11.8 Å². The molecule has 0 heterocycles. The normalized spacial score (nSPS) is 11.8. The third kappa shape index (κ3) is 27.9. The molecule has 0 aliphatic carbocycles. The van der Waals surface area contributed by atoms with Crippen LogP contribution in [-0.2, 0) is 12.3 Å². The molecule has 0 amide bonds. The molecular formula is C56H93N2O2S+. The van der Waals surface area contributed by atoms with E-state index in [1.807, 2.05) is 7.05 Å². The van der Waals surface area contributed by atoms with E-state index in [0.29, 0.717) is 0 Å². The van der Waals surface area contributed by atoms with Crippen molar-refractivity contribution in [1.82, 2.24) is 5.32 Å². The van der Waals surface area contributed by atoms with Gasteiger partial charge in [0.2, 0.25) is 0 Å². The number of hydrogen-bond acceptors (Lipinski definition) is 3. The SMILES string of the molecule is CCCCCCCCCCCCCCCCCCOc1cc(CSC(NCc2ccc3ccccc3c2)=[NH+]C)cc(OCCCCCCCCCCCCCCCCCC)c1. The molecule has 344 valence electrons. The molecule has 61 heavy (non-hydrogen) atoms. The third-order valence-electron chi connectivity index (χ3n) is 12.4. The fraction of sp³-hybridized carbons (Fsp3) is 0.696. The summed E-state index contributed by atoms with van der Waals surface area (Å²) in [5, 5.41) is 7.26. The Hall–Kier alpha value is -2.66. The first-order chi connectivity index (χ1) is 30.2. The Labute approximate surface area is 381 Å². The van der Waals surface area contributed by atoms with Gasteiger partial charge in [0.25, 0.3) is 0 Å². The van der Waals surface area contributed by atoms with Crippen molar-refractivity contribution in [2.24, 2.45) is 0 Å². The zero-order valence-corrected chi connectivity index (χ0v) is 40.8. The Kier molecular flexibility index (Phi) is 32.7. The second-order valence-corrected chi connectivity index (χ2v) is 19.0. The molecule has 2 N–H and O–H groups in total. The second-order valence-electron chi connectivity index (χ2n) is 18.0. The van der Waals surface area contributed by atoms with Crippen LogP contribution in [0.5, 0.6) is 11.5 Å². The quantitative estimate of drug-likeness (QED) is 0.0340. The van der Waals surface area contributed by atoms with Crippen LogP contribution in [0.2, 0.25) is 0 Å². The number of benzene rings is 3. The molecule has 0 spiro atoms. The van der Waals surface area contributed by atoms with Gasteiger partial charge < -0.3 is 9.47 Å². The summed E-state index contributed by atoms with van der Waals surface area (Å²) in [6.45, 7) is 6.93. The largest absolute Gasteiger partial charge is 0.493 e. The van der Waals surface area contributed by atoms with Crippen molar-refractivity contribution < 1.29 is 14.5 Å². The maximum absolute atomic E-state index is 6.39. The lowest BCUT2D eigenvalue weighted by molar-refractivity contribution is -0.418. The van der Waals surface area contributed by atoms with Gasteiger partial charge in [-0.05, 0) is 64.7 Å². The van der Waals surface area contributed by atoms with E-state index >= 15 is 0 Å². The van der Waals surface area contributed by atoms with Crippen molar-refractivity contribution in [2.45, 2.75) is 232 Å². The monoisotopic (exact) mass is 858 g/mol. The number of hydrogen-bond donors (Lipinski definition) is 2. The van der Waals surface area contributed by atoms with Gasteiger partial charge in [0.05, 0.1) is 20.3 Å². The number of unbranched alkanes of at least 4 members (excludes halogenated alkanes) is 30. The molecule has 3 rings (SSSR count). The molecule has 0 aliphatic rings. The van der Waals surface area contributed by atoms with E-state index in [0.717, 1.165) is 55.0 Å². The molecule has 0 bridgehead atoms. The topological polar surface area (TPSA) is 44.5 Å². The van der Waals surface area contributed by atoms with Crippen LogP contribution in [0.1, 0.15) is 230 Å².